The van der Waals surface area contributed by atoms with Gasteiger partial charge in [0.05, 0.1) is 22.7 Å². The van der Waals surface area contributed by atoms with Crippen LogP contribution >= 0.6 is 0 Å². The molecular formula is C25H29N5O3. The van der Waals surface area contributed by atoms with Crippen LogP contribution in [0.5, 0.6) is 0 Å². The Morgan fingerprint density at radius 1 is 1.12 bits per heavy atom. The fourth-order valence-corrected chi connectivity index (χ4v) is 4.11. The molecule has 2 aromatic carbocycles. The molecular weight excluding hydrogens is 418 g/mol. The number of hydrogen-bond donors (Lipinski definition) is 1. The van der Waals surface area contributed by atoms with Gasteiger partial charge in [0, 0.05) is 42.5 Å². The minimum absolute atomic E-state index is 0.0210. The zero-order valence-electron chi connectivity index (χ0n) is 18.8. The predicted octanol–water partition coefficient (Wildman–Crippen LogP) is 3.84. The molecule has 0 radical (unpaired) electrons. The van der Waals surface area contributed by atoms with Gasteiger partial charge in [-0.3, -0.25) is 14.9 Å². The monoisotopic (exact) mass is 447 g/mol. The molecule has 1 amide bonds. The number of nitro benzene ring substituents is 1. The number of non-ortho nitro benzene ring substituents is 1. The Balaban J connectivity index is 1.47. The topological polar surface area (TPSA) is 93.3 Å². The maximum atomic E-state index is 12.7. The molecule has 0 unspecified atom stereocenters. The highest BCUT2D eigenvalue weighted by Gasteiger charge is 2.18. The van der Waals surface area contributed by atoms with Crippen LogP contribution in [0.15, 0.2) is 60.8 Å². The van der Waals surface area contributed by atoms with Crippen molar-refractivity contribution < 1.29 is 9.72 Å². The largest absolute Gasteiger partial charge is 0.355 e. The Hall–Kier alpha value is -3.52. The molecule has 1 saturated heterocycles. The molecule has 1 aromatic heterocycles. The Labute approximate surface area is 193 Å². The van der Waals surface area contributed by atoms with Crippen LogP contribution in [0, 0.1) is 16.0 Å². The van der Waals surface area contributed by atoms with Gasteiger partial charge in [-0.25, -0.2) is 4.68 Å². The summed E-state index contributed by atoms with van der Waals surface area (Å²) < 4.78 is 1.74. The van der Waals surface area contributed by atoms with Gasteiger partial charge in [-0.05, 0) is 56.1 Å². The summed E-state index contributed by atoms with van der Waals surface area (Å²) in [5, 5.41) is 18.7. The van der Waals surface area contributed by atoms with Crippen LogP contribution in [0.25, 0.3) is 16.9 Å². The lowest BCUT2D eigenvalue weighted by atomic mass is 9.99. The summed E-state index contributed by atoms with van der Waals surface area (Å²) in [6.45, 7) is 5.94. The molecule has 0 aliphatic carbocycles. The summed E-state index contributed by atoms with van der Waals surface area (Å²) in [6.07, 6.45) is 4.48. The maximum absolute atomic E-state index is 12.7. The fourth-order valence-electron chi connectivity index (χ4n) is 4.11. The predicted molar refractivity (Wildman–Crippen MR) is 127 cm³/mol. The quantitative estimate of drug-likeness (QED) is 0.418. The fraction of sp³-hybridized carbons (Fsp3) is 0.360. The third-order valence-corrected chi connectivity index (χ3v) is 6.14. The van der Waals surface area contributed by atoms with E-state index >= 15 is 0 Å². The van der Waals surface area contributed by atoms with Crippen molar-refractivity contribution in [1.82, 2.24) is 20.0 Å². The number of piperidine rings is 1. The van der Waals surface area contributed by atoms with E-state index in [1.807, 2.05) is 36.5 Å². The van der Waals surface area contributed by atoms with E-state index in [4.69, 9.17) is 5.10 Å². The summed E-state index contributed by atoms with van der Waals surface area (Å²) in [6, 6.07) is 15.9. The summed E-state index contributed by atoms with van der Waals surface area (Å²) in [4.78, 5) is 25.7. The summed E-state index contributed by atoms with van der Waals surface area (Å²) in [5.74, 6) is 0.728. The number of nitrogens with one attached hydrogen (secondary N) is 1. The molecule has 8 heteroatoms. The smallest absolute Gasteiger partial charge is 0.269 e. The van der Waals surface area contributed by atoms with Gasteiger partial charge in [0.25, 0.3) is 5.69 Å². The highest BCUT2D eigenvalue weighted by atomic mass is 16.6. The van der Waals surface area contributed by atoms with Crippen molar-refractivity contribution in [3.05, 3.63) is 76.5 Å². The lowest BCUT2D eigenvalue weighted by Gasteiger charge is -2.30. The van der Waals surface area contributed by atoms with Crippen molar-refractivity contribution >= 4 is 11.6 Å². The summed E-state index contributed by atoms with van der Waals surface area (Å²) in [7, 11) is 0. The molecule has 4 rings (SSSR count). The van der Waals surface area contributed by atoms with Crippen molar-refractivity contribution in [2.24, 2.45) is 5.92 Å². The van der Waals surface area contributed by atoms with Crippen LogP contribution in [0.1, 0.15) is 25.3 Å². The zero-order chi connectivity index (χ0) is 23.2. The first-order valence-corrected chi connectivity index (χ1v) is 11.4. The second kappa shape index (κ2) is 10.4. The number of benzene rings is 2. The Kier molecular flexibility index (Phi) is 7.14. The molecule has 8 nitrogen and oxygen atoms in total. The second-order valence-corrected chi connectivity index (χ2v) is 8.64. The molecule has 1 fully saturated rings. The minimum atomic E-state index is -0.427. The van der Waals surface area contributed by atoms with E-state index in [0.29, 0.717) is 12.2 Å². The lowest BCUT2D eigenvalue weighted by molar-refractivity contribution is -0.384. The van der Waals surface area contributed by atoms with Crippen molar-refractivity contribution in [2.45, 2.75) is 26.2 Å². The van der Waals surface area contributed by atoms with Gasteiger partial charge in [0.1, 0.15) is 0 Å². The van der Waals surface area contributed by atoms with Crippen LogP contribution in [0.2, 0.25) is 0 Å². The van der Waals surface area contributed by atoms with Gasteiger partial charge < -0.3 is 10.2 Å². The molecule has 1 aliphatic rings. The normalized spacial score (nSPS) is 14.8. The molecule has 0 spiro atoms. The van der Waals surface area contributed by atoms with Crippen LogP contribution in [-0.2, 0) is 11.2 Å². The van der Waals surface area contributed by atoms with Crippen molar-refractivity contribution in [3.8, 4) is 16.9 Å². The van der Waals surface area contributed by atoms with Crippen molar-refractivity contribution in [3.63, 3.8) is 0 Å². The highest BCUT2D eigenvalue weighted by Crippen LogP contribution is 2.26. The highest BCUT2D eigenvalue weighted by molar-refractivity contribution is 5.81. The number of nitrogens with zero attached hydrogens (tertiary/aromatic N) is 4. The first-order chi connectivity index (χ1) is 16.0. The lowest BCUT2D eigenvalue weighted by Crippen LogP contribution is -2.39. The number of amides is 1. The Morgan fingerprint density at radius 3 is 2.48 bits per heavy atom. The Morgan fingerprint density at radius 2 is 1.82 bits per heavy atom. The standard InChI is InChI=1S/C25H29N5O3/c1-19-11-14-28(15-12-19)16-13-26-24(31)17-21-18-29(22-5-3-2-4-6-22)27-25(21)20-7-9-23(10-8-20)30(32)33/h2-10,18-19H,11-17H2,1H3,(H,26,31). The molecule has 1 aliphatic heterocycles. The Bertz CT molecular complexity index is 1090. The molecule has 0 bridgehead atoms. The van der Waals surface area contributed by atoms with Crippen LogP contribution in [0.3, 0.4) is 0 Å². The maximum Gasteiger partial charge on any atom is 0.269 e. The van der Waals surface area contributed by atoms with Gasteiger partial charge >= 0.3 is 0 Å². The average Bonchev–Trinajstić information content (AvgIpc) is 3.24. The number of likely N-dealkylation sites (tertiary alicyclic amines) is 1. The van der Waals surface area contributed by atoms with Crippen LogP contribution < -0.4 is 5.32 Å². The third kappa shape index (κ3) is 5.84. The number of para-hydroxylation sites is 1. The van der Waals surface area contributed by atoms with Crippen LogP contribution in [0.4, 0.5) is 5.69 Å². The molecule has 0 atom stereocenters. The van der Waals surface area contributed by atoms with E-state index in [9.17, 15) is 14.9 Å². The number of hydrogen-bond acceptors (Lipinski definition) is 5. The zero-order valence-corrected chi connectivity index (χ0v) is 18.8. The van der Waals surface area contributed by atoms with Gasteiger partial charge in [0.15, 0.2) is 0 Å². The van der Waals surface area contributed by atoms with Gasteiger partial charge in [-0.15, -0.1) is 0 Å². The van der Waals surface area contributed by atoms with E-state index in [1.54, 1.807) is 16.8 Å². The van der Waals surface area contributed by atoms with E-state index in [0.717, 1.165) is 42.4 Å². The molecule has 33 heavy (non-hydrogen) atoms. The number of aromatic nitrogens is 2. The SMILES string of the molecule is CC1CCN(CCNC(=O)Cc2cn(-c3ccccc3)nc2-c2ccc([N+](=O)[O-])cc2)CC1. The van der Waals surface area contributed by atoms with Gasteiger partial charge in [0.2, 0.25) is 5.91 Å². The number of carbonyl (C=O) groups is 1. The van der Waals surface area contributed by atoms with Crippen molar-refractivity contribution in [1.29, 1.82) is 0 Å². The number of rotatable bonds is 8. The molecule has 172 valence electrons. The number of nitro groups is 1. The molecule has 2 heterocycles. The van der Waals surface area contributed by atoms with Gasteiger partial charge in [-0.1, -0.05) is 25.1 Å². The van der Waals surface area contributed by atoms with E-state index in [2.05, 4.69) is 17.1 Å². The average molecular weight is 448 g/mol. The van der Waals surface area contributed by atoms with Gasteiger partial charge in [-0.2, -0.15) is 5.10 Å². The second-order valence-electron chi connectivity index (χ2n) is 8.64. The number of carbonyl (C=O) groups excluding carboxylic acids is 1. The van der Waals surface area contributed by atoms with Crippen LogP contribution in [-0.4, -0.2) is 51.7 Å². The summed E-state index contributed by atoms with van der Waals surface area (Å²) >= 11 is 0. The first-order valence-electron chi connectivity index (χ1n) is 11.4. The third-order valence-electron chi connectivity index (χ3n) is 6.14. The first kappa shape index (κ1) is 22.7. The van der Waals surface area contributed by atoms with E-state index in [-0.39, 0.29) is 18.0 Å². The minimum Gasteiger partial charge on any atom is -0.355 e. The molecule has 3 aromatic rings. The molecule has 0 saturated carbocycles. The summed E-state index contributed by atoms with van der Waals surface area (Å²) in [5.41, 5.74) is 3.06. The molecule has 1 N–H and O–H groups in total. The van der Waals surface area contributed by atoms with E-state index in [1.165, 1.54) is 25.0 Å². The van der Waals surface area contributed by atoms with Crippen molar-refractivity contribution in [2.75, 3.05) is 26.2 Å². The van der Waals surface area contributed by atoms with E-state index < -0.39 is 4.92 Å².